The molecule has 0 amide bonds. The van der Waals surface area contributed by atoms with Crippen LogP contribution < -0.4 is 5.73 Å². The van der Waals surface area contributed by atoms with E-state index in [1.54, 1.807) is 26.3 Å². The smallest absolute Gasteiger partial charge is 0.353 e. The van der Waals surface area contributed by atoms with Crippen LogP contribution in [-0.2, 0) is 29.6 Å². The zero-order chi connectivity index (χ0) is 22.3. The van der Waals surface area contributed by atoms with Crippen LogP contribution in [0.3, 0.4) is 0 Å². The molecule has 0 saturated carbocycles. The van der Waals surface area contributed by atoms with E-state index in [-0.39, 0.29) is 36.7 Å². The number of anilines is 1. The summed E-state index contributed by atoms with van der Waals surface area (Å²) in [5.74, 6) is 1.55. The van der Waals surface area contributed by atoms with Crippen LogP contribution in [0.15, 0.2) is 18.2 Å². The average molecular weight is 474 g/mol. The molecule has 0 bridgehead atoms. The van der Waals surface area contributed by atoms with E-state index in [0.29, 0.717) is 30.7 Å². The molecule has 2 atom stereocenters. The highest BCUT2D eigenvalue weighted by atomic mass is 35.5. The Balaban J connectivity index is 1.76. The SMILES string of the molecule is CCOP(=O)(C=C[C@H](CCn1cnc2c(Cl)nc(N)nc21)O[C@@H]1CCCCO1)OCC. The maximum atomic E-state index is 12.8. The normalized spacial score (nSPS) is 18.7. The maximum Gasteiger partial charge on any atom is 0.353 e. The second-order valence-corrected chi connectivity index (χ2v) is 9.21. The molecule has 3 heterocycles. The van der Waals surface area contributed by atoms with Gasteiger partial charge in [0, 0.05) is 19.0 Å². The molecule has 31 heavy (non-hydrogen) atoms. The quantitative estimate of drug-likeness (QED) is 0.378. The van der Waals surface area contributed by atoms with Gasteiger partial charge in [0.15, 0.2) is 17.1 Å². The number of aryl methyl sites for hydroxylation is 1. The van der Waals surface area contributed by atoms with Crippen LogP contribution in [-0.4, -0.2) is 51.7 Å². The minimum absolute atomic E-state index is 0.0805. The van der Waals surface area contributed by atoms with Gasteiger partial charge in [0.05, 0.1) is 25.6 Å². The van der Waals surface area contributed by atoms with Gasteiger partial charge in [-0.15, -0.1) is 0 Å². The topological polar surface area (TPSA) is 124 Å². The molecule has 2 aromatic heterocycles. The third-order valence-electron chi connectivity index (χ3n) is 4.66. The summed E-state index contributed by atoms with van der Waals surface area (Å²) in [5, 5.41) is 0.207. The standard InChI is InChI=1S/C19H29ClN5O5P/c1-3-28-31(26,29-4-2)12-9-14(30-15-7-5-6-11-27-15)8-10-25-13-22-16-17(20)23-19(21)24-18(16)25/h9,12-15H,3-8,10-11H2,1-2H3,(H2,21,23,24)/t14-,15+/m0/s1. The van der Waals surface area contributed by atoms with Gasteiger partial charge in [-0.2, -0.15) is 9.97 Å². The van der Waals surface area contributed by atoms with E-state index in [1.807, 2.05) is 4.57 Å². The van der Waals surface area contributed by atoms with Gasteiger partial charge in [-0.05, 0) is 45.6 Å². The molecule has 1 fully saturated rings. The molecule has 1 saturated heterocycles. The third-order valence-corrected chi connectivity index (χ3v) is 6.70. The van der Waals surface area contributed by atoms with Gasteiger partial charge in [-0.1, -0.05) is 11.6 Å². The summed E-state index contributed by atoms with van der Waals surface area (Å²) in [6, 6.07) is 0. The summed E-state index contributed by atoms with van der Waals surface area (Å²) in [6.07, 6.45) is 6.07. The van der Waals surface area contributed by atoms with Crippen LogP contribution in [0.1, 0.15) is 39.5 Å². The Morgan fingerprint density at radius 2 is 2.13 bits per heavy atom. The molecule has 2 N–H and O–H groups in total. The van der Waals surface area contributed by atoms with Crippen LogP contribution >= 0.6 is 19.2 Å². The molecule has 2 aromatic rings. The lowest BCUT2D eigenvalue weighted by molar-refractivity contribution is -0.179. The number of aromatic nitrogens is 4. The summed E-state index contributed by atoms with van der Waals surface area (Å²) >= 11 is 6.11. The molecule has 0 unspecified atom stereocenters. The van der Waals surface area contributed by atoms with Crippen molar-refractivity contribution in [2.45, 2.75) is 58.5 Å². The zero-order valence-corrected chi connectivity index (χ0v) is 19.4. The van der Waals surface area contributed by atoms with Gasteiger partial charge in [0.1, 0.15) is 5.52 Å². The number of nitrogen functional groups attached to an aromatic ring is 1. The third kappa shape index (κ3) is 6.71. The molecule has 172 valence electrons. The van der Waals surface area contributed by atoms with Crippen molar-refractivity contribution >= 4 is 36.3 Å². The fourth-order valence-electron chi connectivity index (χ4n) is 3.26. The van der Waals surface area contributed by atoms with Crippen molar-refractivity contribution in [2.75, 3.05) is 25.6 Å². The van der Waals surface area contributed by atoms with Gasteiger partial charge >= 0.3 is 7.60 Å². The van der Waals surface area contributed by atoms with E-state index in [4.69, 9.17) is 35.9 Å². The first-order valence-electron chi connectivity index (χ1n) is 10.4. The van der Waals surface area contributed by atoms with Gasteiger partial charge in [0.25, 0.3) is 0 Å². The Morgan fingerprint density at radius 3 is 2.81 bits per heavy atom. The first kappa shape index (κ1) is 24.1. The fourth-order valence-corrected chi connectivity index (χ4v) is 4.85. The fraction of sp³-hybridized carbons (Fsp3) is 0.632. The first-order chi connectivity index (χ1) is 14.9. The molecule has 0 aromatic carbocycles. The van der Waals surface area contributed by atoms with Gasteiger partial charge in [-0.3, -0.25) is 4.57 Å². The lowest BCUT2D eigenvalue weighted by Gasteiger charge is -2.26. The molecular weight excluding hydrogens is 445 g/mol. The first-order valence-corrected chi connectivity index (χ1v) is 12.4. The second kappa shape index (κ2) is 11.4. The van der Waals surface area contributed by atoms with Crippen LogP contribution in [0.4, 0.5) is 5.95 Å². The molecule has 3 rings (SSSR count). The Kier molecular flexibility index (Phi) is 8.83. The summed E-state index contributed by atoms with van der Waals surface area (Å²) in [5.41, 5.74) is 6.75. The molecule has 10 nitrogen and oxygen atoms in total. The van der Waals surface area contributed by atoms with Crippen molar-refractivity contribution in [3.05, 3.63) is 23.4 Å². The number of nitrogens with two attached hydrogens (primary N) is 1. The molecule has 12 heteroatoms. The van der Waals surface area contributed by atoms with E-state index in [2.05, 4.69) is 15.0 Å². The molecule has 0 radical (unpaired) electrons. The van der Waals surface area contributed by atoms with Gasteiger partial charge in [0.2, 0.25) is 5.95 Å². The van der Waals surface area contributed by atoms with Crippen LogP contribution in [0.5, 0.6) is 0 Å². The summed E-state index contributed by atoms with van der Waals surface area (Å²) in [6.45, 7) is 5.28. The van der Waals surface area contributed by atoms with Gasteiger partial charge in [-0.25, -0.2) is 4.98 Å². The Hall–Kier alpha value is -1.55. The molecular formula is C19H29ClN5O5P. The number of imidazole rings is 1. The van der Waals surface area contributed by atoms with Crippen LogP contribution in [0.2, 0.25) is 5.15 Å². The monoisotopic (exact) mass is 473 g/mol. The Labute approximate surface area is 186 Å². The average Bonchev–Trinajstić information content (AvgIpc) is 3.14. The van der Waals surface area contributed by atoms with E-state index in [1.165, 1.54) is 5.82 Å². The number of hydrogen-bond acceptors (Lipinski definition) is 9. The number of nitrogens with zero attached hydrogens (tertiary/aromatic N) is 4. The van der Waals surface area contributed by atoms with Crippen molar-refractivity contribution in [3.8, 4) is 0 Å². The predicted octanol–water partition coefficient (Wildman–Crippen LogP) is 4.14. The van der Waals surface area contributed by atoms with E-state index in [9.17, 15) is 4.57 Å². The number of hydrogen-bond donors (Lipinski definition) is 1. The van der Waals surface area contributed by atoms with Crippen molar-refractivity contribution in [3.63, 3.8) is 0 Å². The van der Waals surface area contributed by atoms with Crippen molar-refractivity contribution in [1.82, 2.24) is 19.5 Å². The lowest BCUT2D eigenvalue weighted by Crippen LogP contribution is -2.27. The molecule has 0 aliphatic carbocycles. The Bertz CT molecular complexity index is 924. The van der Waals surface area contributed by atoms with E-state index in [0.717, 1.165) is 19.3 Å². The highest BCUT2D eigenvalue weighted by Gasteiger charge is 2.23. The minimum atomic E-state index is -3.34. The van der Waals surface area contributed by atoms with Crippen molar-refractivity contribution < 1.29 is 23.1 Å². The lowest BCUT2D eigenvalue weighted by atomic mass is 10.2. The summed E-state index contributed by atoms with van der Waals surface area (Å²) in [7, 11) is -3.34. The highest BCUT2D eigenvalue weighted by molar-refractivity contribution is 7.57. The van der Waals surface area contributed by atoms with E-state index < -0.39 is 7.60 Å². The molecule has 1 aliphatic rings. The maximum absolute atomic E-state index is 12.8. The highest BCUT2D eigenvalue weighted by Crippen LogP contribution is 2.49. The van der Waals surface area contributed by atoms with Crippen LogP contribution in [0, 0.1) is 0 Å². The largest absolute Gasteiger partial charge is 0.368 e. The van der Waals surface area contributed by atoms with Crippen molar-refractivity contribution in [2.24, 2.45) is 0 Å². The van der Waals surface area contributed by atoms with Crippen LogP contribution in [0.25, 0.3) is 11.2 Å². The zero-order valence-electron chi connectivity index (χ0n) is 17.8. The summed E-state index contributed by atoms with van der Waals surface area (Å²) in [4.78, 5) is 12.4. The predicted molar refractivity (Wildman–Crippen MR) is 118 cm³/mol. The van der Waals surface area contributed by atoms with Gasteiger partial charge < -0.3 is 28.8 Å². The number of fused-ring (bicyclic) bond motifs is 1. The molecule has 1 aliphatic heterocycles. The summed E-state index contributed by atoms with van der Waals surface area (Å²) < 4.78 is 37.2. The van der Waals surface area contributed by atoms with E-state index >= 15 is 0 Å². The Morgan fingerprint density at radius 1 is 1.35 bits per heavy atom. The second-order valence-electron chi connectivity index (χ2n) is 6.96. The molecule has 0 spiro atoms. The number of halogens is 1. The minimum Gasteiger partial charge on any atom is -0.368 e. The number of ether oxygens (including phenoxy) is 2. The van der Waals surface area contributed by atoms with Crippen molar-refractivity contribution in [1.29, 1.82) is 0 Å². The number of rotatable bonds is 11.